The molecular weight excluding hydrogens is 322 g/mol. The zero-order valence-electron chi connectivity index (χ0n) is 14.5. The first kappa shape index (κ1) is 16.4. The summed E-state index contributed by atoms with van der Waals surface area (Å²) in [5, 5.41) is 4.02. The number of ether oxygens (including phenoxy) is 2. The predicted molar refractivity (Wildman–Crippen MR) is 93.9 cm³/mol. The van der Waals surface area contributed by atoms with Gasteiger partial charge in [-0.3, -0.25) is 14.8 Å². The van der Waals surface area contributed by atoms with Crippen LogP contribution in [0.5, 0.6) is 0 Å². The van der Waals surface area contributed by atoms with Gasteiger partial charge >= 0.3 is 0 Å². The van der Waals surface area contributed by atoms with E-state index in [0.717, 1.165) is 0 Å². The van der Waals surface area contributed by atoms with Gasteiger partial charge in [0, 0.05) is 31.4 Å². The zero-order chi connectivity index (χ0) is 17.4. The first-order valence-electron chi connectivity index (χ1n) is 8.73. The summed E-state index contributed by atoms with van der Waals surface area (Å²) < 4.78 is 11.4. The van der Waals surface area contributed by atoms with E-state index < -0.39 is 0 Å². The molecule has 2 aromatic rings. The Labute approximate surface area is 145 Å². The van der Waals surface area contributed by atoms with Gasteiger partial charge in [0.15, 0.2) is 0 Å². The van der Waals surface area contributed by atoms with Crippen LogP contribution >= 0.6 is 0 Å². The molecule has 2 N–H and O–H groups in total. The van der Waals surface area contributed by atoms with Crippen molar-refractivity contribution in [3.05, 3.63) is 28.3 Å². The van der Waals surface area contributed by atoms with Crippen LogP contribution in [0.1, 0.15) is 25.6 Å². The summed E-state index contributed by atoms with van der Waals surface area (Å²) in [6.45, 7) is 7.43. The highest BCUT2D eigenvalue weighted by molar-refractivity contribution is 5.81. The Morgan fingerprint density at radius 1 is 1.28 bits per heavy atom. The van der Waals surface area contributed by atoms with E-state index in [2.05, 4.69) is 29.1 Å². The van der Waals surface area contributed by atoms with Gasteiger partial charge in [0.25, 0.3) is 5.56 Å². The van der Waals surface area contributed by atoms with Gasteiger partial charge in [0.1, 0.15) is 11.6 Å². The maximum atomic E-state index is 12.6. The minimum atomic E-state index is -0.230. The number of H-pyrrole nitrogens is 1. The molecule has 2 aromatic heterocycles. The molecule has 0 radical (unpaired) electrons. The lowest BCUT2D eigenvalue weighted by Gasteiger charge is -2.34. The van der Waals surface area contributed by atoms with Crippen molar-refractivity contribution >= 4 is 16.9 Å². The predicted octanol–water partition coefficient (Wildman–Crippen LogP) is 0.593. The van der Waals surface area contributed by atoms with Crippen LogP contribution in [-0.4, -0.2) is 59.9 Å². The average Bonchev–Trinajstić information content (AvgIpc) is 2.62. The lowest BCUT2D eigenvalue weighted by molar-refractivity contribution is -0.0222. The molecule has 0 aromatic carbocycles. The van der Waals surface area contributed by atoms with Gasteiger partial charge in [-0.2, -0.15) is 0 Å². The van der Waals surface area contributed by atoms with Crippen LogP contribution < -0.4 is 15.8 Å². The number of aromatic nitrogens is 3. The first-order valence-corrected chi connectivity index (χ1v) is 8.73. The number of rotatable bonds is 2. The van der Waals surface area contributed by atoms with Crippen molar-refractivity contribution in [1.29, 1.82) is 0 Å². The number of nitrogens with zero attached hydrogens (tertiary/aromatic N) is 3. The SMILES string of the molecule is C[C@H]1COC(c2nccc3c(=O)[nH]c(N4CCOCC4)nc23)[C@@H](C)N1. The maximum absolute atomic E-state index is 12.6. The van der Waals surface area contributed by atoms with Crippen molar-refractivity contribution < 1.29 is 9.47 Å². The van der Waals surface area contributed by atoms with Crippen molar-refractivity contribution in [2.45, 2.75) is 32.0 Å². The number of anilines is 1. The second kappa shape index (κ2) is 6.70. The van der Waals surface area contributed by atoms with Gasteiger partial charge in [-0.15, -0.1) is 0 Å². The fraction of sp³-hybridized carbons (Fsp3) is 0.588. The number of morpholine rings is 2. The van der Waals surface area contributed by atoms with Crippen molar-refractivity contribution in [3.63, 3.8) is 0 Å². The van der Waals surface area contributed by atoms with Gasteiger partial charge in [0.2, 0.25) is 5.95 Å². The Morgan fingerprint density at radius 2 is 2.08 bits per heavy atom. The van der Waals surface area contributed by atoms with E-state index >= 15 is 0 Å². The number of aromatic amines is 1. The Kier molecular flexibility index (Phi) is 4.41. The molecule has 0 spiro atoms. The molecule has 0 aliphatic carbocycles. The van der Waals surface area contributed by atoms with E-state index in [-0.39, 0.29) is 17.7 Å². The van der Waals surface area contributed by atoms with E-state index in [9.17, 15) is 4.79 Å². The van der Waals surface area contributed by atoms with Crippen LogP contribution in [0, 0.1) is 0 Å². The molecule has 8 heteroatoms. The second-order valence-electron chi connectivity index (χ2n) is 6.69. The van der Waals surface area contributed by atoms with Crippen LogP contribution in [0.15, 0.2) is 17.1 Å². The highest BCUT2D eigenvalue weighted by atomic mass is 16.5. The summed E-state index contributed by atoms with van der Waals surface area (Å²) in [5.74, 6) is 0.569. The Morgan fingerprint density at radius 3 is 2.84 bits per heavy atom. The summed E-state index contributed by atoms with van der Waals surface area (Å²) >= 11 is 0. The topological polar surface area (TPSA) is 92.4 Å². The molecule has 2 saturated heterocycles. The van der Waals surface area contributed by atoms with Gasteiger partial charge in [0.05, 0.1) is 30.9 Å². The third kappa shape index (κ3) is 3.12. The normalized spacial score (nSPS) is 27.6. The maximum Gasteiger partial charge on any atom is 0.260 e. The van der Waals surface area contributed by atoms with Crippen LogP contribution in [0.3, 0.4) is 0 Å². The van der Waals surface area contributed by atoms with Crippen LogP contribution in [-0.2, 0) is 9.47 Å². The molecule has 8 nitrogen and oxygen atoms in total. The largest absolute Gasteiger partial charge is 0.378 e. The summed E-state index contributed by atoms with van der Waals surface area (Å²) in [5.41, 5.74) is 1.17. The summed E-state index contributed by atoms with van der Waals surface area (Å²) in [7, 11) is 0. The van der Waals surface area contributed by atoms with Crippen LogP contribution in [0.2, 0.25) is 0 Å². The lowest BCUT2D eigenvalue weighted by Crippen LogP contribution is -2.47. The highest BCUT2D eigenvalue weighted by Gasteiger charge is 2.30. The third-order valence-electron chi connectivity index (χ3n) is 4.75. The fourth-order valence-corrected chi connectivity index (χ4v) is 3.50. The molecule has 4 heterocycles. The molecular formula is C17H23N5O3. The van der Waals surface area contributed by atoms with Gasteiger partial charge in [-0.25, -0.2) is 4.98 Å². The van der Waals surface area contributed by atoms with Crippen molar-refractivity contribution in [2.24, 2.45) is 0 Å². The van der Waals surface area contributed by atoms with E-state index in [0.29, 0.717) is 61.5 Å². The van der Waals surface area contributed by atoms with Gasteiger partial charge < -0.3 is 19.7 Å². The molecule has 0 amide bonds. The molecule has 134 valence electrons. The minimum absolute atomic E-state index is 0.0924. The van der Waals surface area contributed by atoms with Crippen molar-refractivity contribution in [1.82, 2.24) is 20.3 Å². The smallest absolute Gasteiger partial charge is 0.260 e. The average molecular weight is 345 g/mol. The van der Waals surface area contributed by atoms with Crippen LogP contribution in [0.4, 0.5) is 5.95 Å². The molecule has 3 atom stereocenters. The number of hydrogen-bond acceptors (Lipinski definition) is 7. The van der Waals surface area contributed by atoms with E-state index in [1.165, 1.54) is 0 Å². The Balaban J connectivity index is 1.79. The third-order valence-corrected chi connectivity index (χ3v) is 4.75. The fourth-order valence-electron chi connectivity index (χ4n) is 3.50. The minimum Gasteiger partial charge on any atom is -0.378 e. The number of hydrogen-bond donors (Lipinski definition) is 2. The number of fused-ring (bicyclic) bond motifs is 1. The zero-order valence-corrected chi connectivity index (χ0v) is 14.5. The highest BCUT2D eigenvalue weighted by Crippen LogP contribution is 2.28. The molecule has 2 aliphatic heterocycles. The second-order valence-corrected chi connectivity index (χ2v) is 6.69. The van der Waals surface area contributed by atoms with E-state index in [4.69, 9.17) is 14.5 Å². The molecule has 0 saturated carbocycles. The summed E-state index contributed by atoms with van der Waals surface area (Å²) in [6, 6.07) is 2.09. The van der Waals surface area contributed by atoms with Gasteiger partial charge in [-0.05, 0) is 19.9 Å². The number of nitrogens with one attached hydrogen (secondary N) is 2. The molecule has 1 unspecified atom stereocenters. The molecule has 0 bridgehead atoms. The van der Waals surface area contributed by atoms with Crippen molar-refractivity contribution in [2.75, 3.05) is 37.8 Å². The molecule has 25 heavy (non-hydrogen) atoms. The quantitative estimate of drug-likeness (QED) is 0.823. The Hall–Kier alpha value is -2.03. The Bertz CT molecular complexity index is 818. The lowest BCUT2D eigenvalue weighted by atomic mass is 10.0. The standard InChI is InChI=1S/C17H23N5O3/c1-10-9-25-15(11(2)19-10)14-13-12(3-4-18-14)16(23)21-17(20-13)22-5-7-24-8-6-22/h3-4,10-11,15,19H,5-9H2,1-2H3,(H,20,21,23)/t10-,11+,15?/m0/s1. The molecule has 2 fully saturated rings. The summed E-state index contributed by atoms with van der Waals surface area (Å²) in [4.78, 5) is 26.7. The van der Waals surface area contributed by atoms with E-state index in [1.807, 2.05) is 4.90 Å². The molecule has 4 rings (SSSR count). The molecule has 2 aliphatic rings. The summed E-state index contributed by atoms with van der Waals surface area (Å²) in [6.07, 6.45) is 1.42. The van der Waals surface area contributed by atoms with E-state index in [1.54, 1.807) is 12.3 Å². The van der Waals surface area contributed by atoms with Crippen LogP contribution in [0.25, 0.3) is 10.9 Å². The monoisotopic (exact) mass is 345 g/mol. The first-order chi connectivity index (χ1) is 12.1. The van der Waals surface area contributed by atoms with Crippen molar-refractivity contribution in [3.8, 4) is 0 Å². The van der Waals surface area contributed by atoms with Gasteiger partial charge in [-0.1, -0.05) is 0 Å². The number of pyridine rings is 1.